The third-order valence-corrected chi connectivity index (χ3v) is 3.75. The summed E-state index contributed by atoms with van der Waals surface area (Å²) in [5.41, 5.74) is 2.53. The quantitative estimate of drug-likeness (QED) is 0.592. The summed E-state index contributed by atoms with van der Waals surface area (Å²) in [4.78, 5) is 19.9. The van der Waals surface area contributed by atoms with Crippen LogP contribution in [0.1, 0.15) is 12.5 Å². The van der Waals surface area contributed by atoms with E-state index in [1.165, 1.54) is 6.92 Å². The van der Waals surface area contributed by atoms with Crippen LogP contribution in [0.2, 0.25) is 0 Å². The molecule has 3 rings (SSSR count). The predicted molar refractivity (Wildman–Crippen MR) is 106 cm³/mol. The van der Waals surface area contributed by atoms with E-state index in [0.29, 0.717) is 24.0 Å². The highest BCUT2D eigenvalue weighted by Crippen LogP contribution is 2.20. The summed E-state index contributed by atoms with van der Waals surface area (Å²) >= 11 is 0. The monoisotopic (exact) mass is 363 g/mol. The van der Waals surface area contributed by atoms with Crippen LogP contribution in [0.3, 0.4) is 0 Å². The van der Waals surface area contributed by atoms with Crippen LogP contribution in [0.15, 0.2) is 60.8 Å². The molecule has 0 saturated heterocycles. The first-order valence-electron chi connectivity index (χ1n) is 8.47. The molecule has 0 atom stereocenters. The molecule has 3 aromatic rings. The van der Waals surface area contributed by atoms with Crippen LogP contribution in [0.25, 0.3) is 0 Å². The molecule has 0 unspecified atom stereocenters. The molecule has 7 nitrogen and oxygen atoms in total. The lowest BCUT2D eigenvalue weighted by molar-refractivity contribution is -0.114. The Labute approximate surface area is 157 Å². The van der Waals surface area contributed by atoms with Crippen LogP contribution in [-0.4, -0.2) is 23.0 Å². The van der Waals surface area contributed by atoms with Crippen LogP contribution in [-0.2, 0) is 11.3 Å². The maximum absolute atomic E-state index is 11.2. The average molecular weight is 363 g/mol. The Balaban J connectivity index is 1.68. The van der Waals surface area contributed by atoms with Crippen LogP contribution in [0.4, 0.5) is 23.1 Å². The Morgan fingerprint density at radius 3 is 2.70 bits per heavy atom. The fourth-order valence-electron chi connectivity index (χ4n) is 2.56. The van der Waals surface area contributed by atoms with Gasteiger partial charge in [0.1, 0.15) is 11.6 Å². The van der Waals surface area contributed by atoms with Crippen molar-refractivity contribution in [2.45, 2.75) is 13.5 Å². The molecule has 27 heavy (non-hydrogen) atoms. The molecule has 0 fully saturated rings. The highest BCUT2D eigenvalue weighted by Gasteiger charge is 2.04. The number of hydrogen-bond donors (Lipinski definition) is 3. The molecule has 0 aliphatic carbocycles. The Bertz CT molecular complexity index is 930. The van der Waals surface area contributed by atoms with E-state index in [1.807, 2.05) is 48.5 Å². The highest BCUT2D eigenvalue weighted by molar-refractivity contribution is 5.89. The zero-order valence-electron chi connectivity index (χ0n) is 15.2. The van der Waals surface area contributed by atoms with Gasteiger partial charge in [-0.2, -0.15) is 4.98 Å². The number of benzene rings is 2. The van der Waals surface area contributed by atoms with Gasteiger partial charge < -0.3 is 20.7 Å². The minimum atomic E-state index is -0.120. The van der Waals surface area contributed by atoms with Crippen molar-refractivity contribution in [1.82, 2.24) is 9.97 Å². The first-order valence-corrected chi connectivity index (χ1v) is 8.47. The van der Waals surface area contributed by atoms with Gasteiger partial charge >= 0.3 is 0 Å². The van der Waals surface area contributed by atoms with E-state index >= 15 is 0 Å². The zero-order chi connectivity index (χ0) is 19.1. The SMILES string of the molecule is COc1ccccc1CNc1ccnc(Nc2cccc(NC(C)=O)c2)n1. The molecule has 138 valence electrons. The van der Waals surface area contributed by atoms with Gasteiger partial charge in [-0.1, -0.05) is 24.3 Å². The van der Waals surface area contributed by atoms with Gasteiger partial charge in [-0.25, -0.2) is 4.98 Å². The minimum absolute atomic E-state index is 0.120. The van der Waals surface area contributed by atoms with Gasteiger partial charge in [0.2, 0.25) is 11.9 Å². The average Bonchev–Trinajstić information content (AvgIpc) is 2.66. The molecule has 1 aromatic heterocycles. The van der Waals surface area contributed by atoms with Crippen molar-refractivity contribution in [3.8, 4) is 5.75 Å². The van der Waals surface area contributed by atoms with E-state index in [-0.39, 0.29) is 5.91 Å². The minimum Gasteiger partial charge on any atom is -0.496 e. The van der Waals surface area contributed by atoms with Crippen LogP contribution >= 0.6 is 0 Å². The van der Waals surface area contributed by atoms with E-state index in [9.17, 15) is 4.79 Å². The second kappa shape index (κ2) is 8.66. The van der Waals surface area contributed by atoms with Gasteiger partial charge in [-0.15, -0.1) is 0 Å². The largest absolute Gasteiger partial charge is 0.496 e. The number of nitrogens with zero attached hydrogens (tertiary/aromatic N) is 2. The van der Waals surface area contributed by atoms with Crippen molar-refractivity contribution in [2.24, 2.45) is 0 Å². The molecular formula is C20H21N5O2. The van der Waals surface area contributed by atoms with Crippen molar-refractivity contribution in [1.29, 1.82) is 0 Å². The first kappa shape index (κ1) is 18.2. The van der Waals surface area contributed by atoms with Crippen LogP contribution in [0, 0.1) is 0 Å². The Kier molecular flexibility index (Phi) is 5.84. The standard InChI is InChI=1S/C20H21N5O2/c1-14(26)23-16-7-5-8-17(12-16)24-20-21-11-10-19(25-20)22-13-15-6-3-4-9-18(15)27-2/h3-12H,13H2,1-2H3,(H,23,26)(H2,21,22,24,25). The number of para-hydroxylation sites is 1. The maximum atomic E-state index is 11.2. The summed E-state index contributed by atoms with van der Waals surface area (Å²) in [5.74, 6) is 1.86. The fraction of sp³-hybridized carbons (Fsp3) is 0.150. The normalized spacial score (nSPS) is 10.1. The predicted octanol–water partition coefficient (Wildman–Crippen LogP) is 3.80. The number of ether oxygens (including phenoxy) is 1. The summed E-state index contributed by atoms with van der Waals surface area (Å²) in [6, 6.07) is 17.0. The second-order valence-corrected chi connectivity index (χ2v) is 5.82. The maximum Gasteiger partial charge on any atom is 0.229 e. The molecule has 0 saturated carbocycles. The van der Waals surface area contributed by atoms with Crippen LogP contribution < -0.4 is 20.7 Å². The van der Waals surface area contributed by atoms with Crippen LogP contribution in [0.5, 0.6) is 5.75 Å². The number of nitrogens with one attached hydrogen (secondary N) is 3. The van der Waals surface area contributed by atoms with Crippen molar-refractivity contribution in [2.75, 3.05) is 23.1 Å². The molecular weight excluding hydrogens is 342 g/mol. The van der Waals surface area contributed by atoms with E-state index in [2.05, 4.69) is 25.9 Å². The number of carbonyl (C=O) groups excluding carboxylic acids is 1. The van der Waals surface area contributed by atoms with E-state index in [1.54, 1.807) is 19.4 Å². The van der Waals surface area contributed by atoms with Gasteiger partial charge in [0.15, 0.2) is 0 Å². The number of hydrogen-bond acceptors (Lipinski definition) is 6. The number of carbonyl (C=O) groups is 1. The van der Waals surface area contributed by atoms with E-state index in [4.69, 9.17) is 4.74 Å². The molecule has 0 spiro atoms. The van der Waals surface area contributed by atoms with E-state index in [0.717, 1.165) is 17.0 Å². The van der Waals surface area contributed by atoms with Gasteiger partial charge in [0.25, 0.3) is 0 Å². The molecule has 0 bridgehead atoms. The molecule has 0 aliphatic heterocycles. The number of amides is 1. The number of aromatic nitrogens is 2. The summed E-state index contributed by atoms with van der Waals surface area (Å²) in [6.45, 7) is 2.05. The van der Waals surface area contributed by atoms with Gasteiger partial charge in [-0.05, 0) is 30.3 Å². The number of rotatable bonds is 7. The third kappa shape index (κ3) is 5.18. The highest BCUT2D eigenvalue weighted by atomic mass is 16.5. The summed E-state index contributed by atoms with van der Waals surface area (Å²) in [7, 11) is 1.65. The van der Waals surface area contributed by atoms with Crippen molar-refractivity contribution in [3.05, 3.63) is 66.4 Å². The van der Waals surface area contributed by atoms with E-state index < -0.39 is 0 Å². The molecule has 7 heteroatoms. The van der Waals surface area contributed by atoms with Crippen molar-refractivity contribution in [3.63, 3.8) is 0 Å². The van der Waals surface area contributed by atoms with Gasteiger partial charge in [0.05, 0.1) is 7.11 Å². The molecule has 0 radical (unpaired) electrons. The lowest BCUT2D eigenvalue weighted by Crippen LogP contribution is -2.07. The Morgan fingerprint density at radius 2 is 1.89 bits per heavy atom. The van der Waals surface area contributed by atoms with Crippen molar-refractivity contribution < 1.29 is 9.53 Å². The Hall–Kier alpha value is -3.61. The van der Waals surface area contributed by atoms with Gasteiger partial charge in [0, 0.05) is 36.6 Å². The molecule has 1 heterocycles. The first-order chi connectivity index (χ1) is 13.1. The summed E-state index contributed by atoms with van der Waals surface area (Å²) < 4.78 is 5.36. The van der Waals surface area contributed by atoms with Crippen molar-refractivity contribution >= 4 is 29.0 Å². The Morgan fingerprint density at radius 1 is 1.07 bits per heavy atom. The molecule has 2 aromatic carbocycles. The topological polar surface area (TPSA) is 88.2 Å². The summed E-state index contributed by atoms with van der Waals surface area (Å²) in [6.07, 6.45) is 1.68. The molecule has 0 aliphatic rings. The number of methoxy groups -OCH3 is 1. The lowest BCUT2D eigenvalue weighted by Gasteiger charge is -2.11. The fourth-order valence-corrected chi connectivity index (χ4v) is 2.56. The third-order valence-electron chi connectivity index (χ3n) is 3.75. The zero-order valence-corrected chi connectivity index (χ0v) is 15.2. The van der Waals surface area contributed by atoms with Gasteiger partial charge in [-0.3, -0.25) is 4.79 Å². The second-order valence-electron chi connectivity index (χ2n) is 5.82. The summed E-state index contributed by atoms with van der Waals surface area (Å²) in [5, 5.41) is 9.16. The number of anilines is 4. The molecule has 3 N–H and O–H groups in total. The smallest absolute Gasteiger partial charge is 0.229 e. The lowest BCUT2D eigenvalue weighted by atomic mass is 10.2. The molecule has 1 amide bonds.